The van der Waals surface area contributed by atoms with Gasteiger partial charge >= 0.3 is 12.0 Å². The van der Waals surface area contributed by atoms with Crippen LogP contribution in [0.5, 0.6) is 5.75 Å². The molecular formula is C14H19N3O4. The zero-order valence-corrected chi connectivity index (χ0v) is 11.6. The summed E-state index contributed by atoms with van der Waals surface area (Å²) in [5.41, 5.74) is 0.737. The molecular weight excluding hydrogens is 274 g/mol. The van der Waals surface area contributed by atoms with Gasteiger partial charge in [-0.2, -0.15) is 0 Å². The van der Waals surface area contributed by atoms with E-state index < -0.39 is 12.0 Å². The Morgan fingerprint density at radius 3 is 2.43 bits per heavy atom. The third kappa shape index (κ3) is 4.35. The van der Waals surface area contributed by atoms with Crippen LogP contribution >= 0.6 is 0 Å². The SMILES string of the molecule is O=C(O)C(Cc1ccc(O)cc1)NC(=O)N1CCNCC1. The quantitative estimate of drug-likeness (QED) is 0.626. The van der Waals surface area contributed by atoms with Gasteiger partial charge in [0, 0.05) is 32.6 Å². The van der Waals surface area contributed by atoms with Crippen LogP contribution in [-0.4, -0.2) is 59.3 Å². The topological polar surface area (TPSA) is 102 Å². The molecule has 0 saturated carbocycles. The summed E-state index contributed by atoms with van der Waals surface area (Å²) in [4.78, 5) is 24.9. The highest BCUT2D eigenvalue weighted by Gasteiger charge is 2.24. The maximum Gasteiger partial charge on any atom is 0.326 e. The molecule has 1 aliphatic heterocycles. The van der Waals surface area contributed by atoms with Gasteiger partial charge in [-0.3, -0.25) is 0 Å². The molecule has 0 bridgehead atoms. The van der Waals surface area contributed by atoms with Crippen molar-refractivity contribution in [1.82, 2.24) is 15.5 Å². The Labute approximate surface area is 122 Å². The van der Waals surface area contributed by atoms with Crippen LogP contribution in [0.2, 0.25) is 0 Å². The Balaban J connectivity index is 1.96. The Morgan fingerprint density at radius 1 is 1.24 bits per heavy atom. The molecule has 1 fully saturated rings. The number of rotatable bonds is 4. The van der Waals surface area contributed by atoms with Crippen molar-refractivity contribution in [2.45, 2.75) is 12.5 Å². The molecule has 2 amide bonds. The van der Waals surface area contributed by atoms with Crippen molar-refractivity contribution in [3.63, 3.8) is 0 Å². The second kappa shape index (κ2) is 6.94. The van der Waals surface area contributed by atoms with Crippen molar-refractivity contribution in [2.75, 3.05) is 26.2 Å². The van der Waals surface area contributed by atoms with E-state index >= 15 is 0 Å². The van der Waals surface area contributed by atoms with Crippen LogP contribution in [0.1, 0.15) is 5.56 Å². The van der Waals surface area contributed by atoms with E-state index in [1.807, 2.05) is 0 Å². The number of phenols is 1. The van der Waals surface area contributed by atoms with Gasteiger partial charge in [0.2, 0.25) is 0 Å². The minimum absolute atomic E-state index is 0.121. The van der Waals surface area contributed by atoms with Gasteiger partial charge in [0.1, 0.15) is 11.8 Å². The zero-order valence-electron chi connectivity index (χ0n) is 11.6. The first-order valence-corrected chi connectivity index (χ1v) is 6.83. The van der Waals surface area contributed by atoms with E-state index in [1.54, 1.807) is 17.0 Å². The number of hydrogen-bond acceptors (Lipinski definition) is 4. The molecule has 1 atom stereocenters. The molecule has 2 rings (SSSR count). The number of carbonyl (C=O) groups is 2. The van der Waals surface area contributed by atoms with Gasteiger partial charge < -0.3 is 25.7 Å². The number of carbonyl (C=O) groups excluding carboxylic acids is 1. The van der Waals surface area contributed by atoms with Crippen molar-refractivity contribution in [1.29, 1.82) is 0 Å². The zero-order chi connectivity index (χ0) is 15.2. The fraction of sp³-hybridized carbons (Fsp3) is 0.429. The number of aliphatic carboxylic acids is 1. The molecule has 114 valence electrons. The molecule has 1 aromatic rings. The highest BCUT2D eigenvalue weighted by atomic mass is 16.4. The maximum atomic E-state index is 12.0. The Hall–Kier alpha value is -2.28. The van der Waals surface area contributed by atoms with E-state index in [0.29, 0.717) is 26.2 Å². The Kier molecular flexibility index (Phi) is 4.99. The van der Waals surface area contributed by atoms with E-state index in [1.165, 1.54) is 12.1 Å². The number of carboxylic acid groups (broad SMARTS) is 1. The van der Waals surface area contributed by atoms with E-state index in [2.05, 4.69) is 10.6 Å². The Morgan fingerprint density at radius 2 is 1.86 bits per heavy atom. The summed E-state index contributed by atoms with van der Waals surface area (Å²) in [5, 5.41) is 24.1. The van der Waals surface area contributed by atoms with Crippen molar-refractivity contribution in [3.05, 3.63) is 29.8 Å². The second-order valence-corrected chi connectivity index (χ2v) is 4.95. The molecule has 0 aromatic heterocycles. The number of urea groups is 1. The lowest BCUT2D eigenvalue weighted by molar-refractivity contribution is -0.139. The van der Waals surface area contributed by atoms with Crippen LogP contribution in [0, 0.1) is 0 Å². The molecule has 21 heavy (non-hydrogen) atoms. The monoisotopic (exact) mass is 293 g/mol. The molecule has 1 aromatic carbocycles. The highest BCUT2D eigenvalue weighted by Crippen LogP contribution is 2.11. The minimum Gasteiger partial charge on any atom is -0.508 e. The van der Waals surface area contributed by atoms with Crippen LogP contribution in [0.3, 0.4) is 0 Å². The van der Waals surface area contributed by atoms with Gasteiger partial charge in [-0.1, -0.05) is 12.1 Å². The van der Waals surface area contributed by atoms with E-state index in [9.17, 15) is 19.8 Å². The van der Waals surface area contributed by atoms with Crippen LogP contribution in [0.4, 0.5) is 4.79 Å². The fourth-order valence-electron chi connectivity index (χ4n) is 2.18. The van der Waals surface area contributed by atoms with Gasteiger partial charge in [-0.15, -0.1) is 0 Å². The largest absolute Gasteiger partial charge is 0.508 e. The lowest BCUT2D eigenvalue weighted by atomic mass is 10.1. The predicted octanol–water partition coefficient (Wildman–Crippen LogP) is 0.00270. The highest BCUT2D eigenvalue weighted by molar-refractivity contribution is 5.82. The normalized spacial score (nSPS) is 16.3. The number of nitrogens with one attached hydrogen (secondary N) is 2. The summed E-state index contributed by atoms with van der Waals surface area (Å²) in [6, 6.07) is 4.92. The van der Waals surface area contributed by atoms with Gasteiger partial charge in [0.25, 0.3) is 0 Å². The van der Waals surface area contributed by atoms with Crippen LogP contribution in [0.15, 0.2) is 24.3 Å². The number of carboxylic acids is 1. The first-order chi connectivity index (χ1) is 10.1. The molecule has 1 aliphatic rings. The molecule has 0 radical (unpaired) electrons. The average Bonchev–Trinajstić information content (AvgIpc) is 2.49. The molecule has 0 aliphatic carbocycles. The lowest BCUT2D eigenvalue weighted by Crippen LogP contribution is -2.54. The summed E-state index contributed by atoms with van der Waals surface area (Å²) in [7, 11) is 0. The van der Waals surface area contributed by atoms with E-state index in [-0.39, 0.29) is 18.2 Å². The van der Waals surface area contributed by atoms with Crippen molar-refractivity contribution in [3.8, 4) is 5.75 Å². The number of aromatic hydroxyl groups is 1. The standard InChI is InChI=1S/C14H19N3O4/c18-11-3-1-10(2-4-11)9-12(13(19)20)16-14(21)17-7-5-15-6-8-17/h1-4,12,15,18H,5-9H2,(H,16,21)(H,19,20). The first-order valence-electron chi connectivity index (χ1n) is 6.83. The number of benzene rings is 1. The van der Waals surface area contributed by atoms with Gasteiger partial charge in [-0.25, -0.2) is 9.59 Å². The number of phenolic OH excluding ortho intramolecular Hbond substituents is 1. The van der Waals surface area contributed by atoms with Crippen molar-refractivity contribution >= 4 is 12.0 Å². The summed E-state index contributed by atoms with van der Waals surface area (Å²) < 4.78 is 0. The predicted molar refractivity (Wildman–Crippen MR) is 76.2 cm³/mol. The van der Waals surface area contributed by atoms with Gasteiger partial charge in [0.05, 0.1) is 0 Å². The van der Waals surface area contributed by atoms with Crippen LogP contribution < -0.4 is 10.6 Å². The maximum absolute atomic E-state index is 12.0. The third-order valence-electron chi connectivity index (χ3n) is 3.38. The van der Waals surface area contributed by atoms with E-state index in [0.717, 1.165) is 5.56 Å². The molecule has 1 heterocycles. The third-order valence-corrected chi connectivity index (χ3v) is 3.38. The van der Waals surface area contributed by atoms with Gasteiger partial charge in [0.15, 0.2) is 0 Å². The van der Waals surface area contributed by atoms with Crippen LogP contribution in [-0.2, 0) is 11.2 Å². The second-order valence-electron chi connectivity index (χ2n) is 4.95. The smallest absolute Gasteiger partial charge is 0.326 e. The van der Waals surface area contributed by atoms with E-state index in [4.69, 9.17) is 0 Å². The van der Waals surface area contributed by atoms with Gasteiger partial charge in [-0.05, 0) is 17.7 Å². The molecule has 1 unspecified atom stereocenters. The number of hydrogen-bond donors (Lipinski definition) is 4. The average molecular weight is 293 g/mol. The van der Waals surface area contributed by atoms with Crippen LogP contribution in [0.25, 0.3) is 0 Å². The summed E-state index contributed by atoms with van der Waals surface area (Å²) in [6.45, 7) is 2.56. The summed E-state index contributed by atoms with van der Waals surface area (Å²) >= 11 is 0. The summed E-state index contributed by atoms with van der Waals surface area (Å²) in [6.07, 6.45) is 0.174. The Bertz CT molecular complexity index is 497. The number of piperazine rings is 1. The number of nitrogens with zero attached hydrogens (tertiary/aromatic N) is 1. The molecule has 4 N–H and O–H groups in total. The number of amides is 2. The summed E-state index contributed by atoms with van der Waals surface area (Å²) in [5.74, 6) is -0.956. The molecule has 0 spiro atoms. The molecule has 7 heteroatoms. The molecule has 1 saturated heterocycles. The first kappa shape index (κ1) is 15.1. The molecule has 7 nitrogen and oxygen atoms in total. The lowest BCUT2D eigenvalue weighted by Gasteiger charge is -2.28. The fourth-order valence-corrected chi connectivity index (χ4v) is 2.18. The van der Waals surface area contributed by atoms with Crippen molar-refractivity contribution < 1.29 is 19.8 Å². The minimum atomic E-state index is -1.08. The van der Waals surface area contributed by atoms with Crippen molar-refractivity contribution in [2.24, 2.45) is 0 Å².